The van der Waals surface area contributed by atoms with Crippen LogP contribution < -0.4 is 15.6 Å². The molecule has 2 aromatic heterocycles. The van der Waals surface area contributed by atoms with Gasteiger partial charge in [-0.15, -0.1) is 11.3 Å². The summed E-state index contributed by atoms with van der Waals surface area (Å²) in [6.07, 6.45) is 1.44. The Balaban J connectivity index is 1.64. The number of anilines is 1. The van der Waals surface area contributed by atoms with E-state index in [1.807, 2.05) is 6.07 Å². The smallest absolute Gasteiger partial charge is 0.292 e. The van der Waals surface area contributed by atoms with Crippen molar-refractivity contribution in [1.82, 2.24) is 14.5 Å². The predicted molar refractivity (Wildman–Crippen MR) is 103 cm³/mol. The highest BCUT2D eigenvalue weighted by Crippen LogP contribution is 2.17. The van der Waals surface area contributed by atoms with Crippen molar-refractivity contribution in [2.24, 2.45) is 0 Å². The summed E-state index contributed by atoms with van der Waals surface area (Å²) in [7, 11) is -3.52. The number of rotatable bonds is 7. The molecule has 1 aromatic carbocycles. The van der Waals surface area contributed by atoms with E-state index in [0.29, 0.717) is 11.4 Å². The van der Waals surface area contributed by atoms with Crippen molar-refractivity contribution < 1.29 is 8.42 Å². The molecule has 3 rings (SSSR count). The Morgan fingerprint density at radius 3 is 2.58 bits per heavy atom. The molecule has 0 aliphatic carbocycles. The minimum Gasteiger partial charge on any atom is -0.381 e. The van der Waals surface area contributed by atoms with Gasteiger partial charge in [0.2, 0.25) is 10.0 Å². The van der Waals surface area contributed by atoms with Gasteiger partial charge in [0, 0.05) is 13.1 Å². The number of nitrogens with one attached hydrogen (secondary N) is 2. The van der Waals surface area contributed by atoms with Gasteiger partial charge in [-0.1, -0.05) is 35.9 Å². The van der Waals surface area contributed by atoms with Crippen LogP contribution in [-0.2, 0) is 10.0 Å². The summed E-state index contributed by atoms with van der Waals surface area (Å²) >= 11 is 7.27. The Morgan fingerprint density at radius 2 is 1.88 bits per heavy atom. The van der Waals surface area contributed by atoms with Crippen LogP contribution in [0.1, 0.15) is 0 Å². The Kier molecular flexibility index (Phi) is 5.72. The van der Waals surface area contributed by atoms with Crippen molar-refractivity contribution >= 4 is 38.6 Å². The van der Waals surface area contributed by atoms with E-state index in [2.05, 4.69) is 15.1 Å². The van der Waals surface area contributed by atoms with E-state index < -0.39 is 15.6 Å². The first kappa shape index (κ1) is 18.6. The molecule has 0 saturated carbocycles. The van der Waals surface area contributed by atoms with Crippen LogP contribution in [0.15, 0.2) is 63.0 Å². The second-order valence-electron chi connectivity index (χ2n) is 5.18. The van der Waals surface area contributed by atoms with Crippen LogP contribution in [0.3, 0.4) is 0 Å². The standard InChI is InChI=1S/C16H15ClN4O3S2/c17-15-13(11-19-21(16(15)22)12-5-2-1-3-6-12)18-8-9-20-26(23,24)14-7-4-10-25-14/h1-7,10-11,18,20H,8-9H2. The normalized spacial score (nSPS) is 11.4. The van der Waals surface area contributed by atoms with Gasteiger partial charge in [0.1, 0.15) is 9.23 Å². The zero-order valence-electron chi connectivity index (χ0n) is 13.4. The first-order valence-electron chi connectivity index (χ1n) is 7.59. The number of para-hydroxylation sites is 1. The maximum atomic E-state index is 12.4. The molecule has 0 bridgehead atoms. The molecule has 26 heavy (non-hydrogen) atoms. The Labute approximate surface area is 159 Å². The van der Waals surface area contributed by atoms with Gasteiger partial charge in [0.25, 0.3) is 5.56 Å². The Morgan fingerprint density at radius 1 is 1.12 bits per heavy atom. The lowest BCUT2D eigenvalue weighted by Gasteiger charge is -2.10. The molecule has 0 atom stereocenters. The van der Waals surface area contributed by atoms with Gasteiger partial charge >= 0.3 is 0 Å². The highest BCUT2D eigenvalue weighted by molar-refractivity contribution is 7.91. The van der Waals surface area contributed by atoms with Crippen molar-refractivity contribution in [3.63, 3.8) is 0 Å². The molecule has 0 saturated heterocycles. The third-order valence-corrected chi connectivity index (χ3v) is 6.64. The summed E-state index contributed by atoms with van der Waals surface area (Å²) in [6.45, 7) is 0.388. The van der Waals surface area contributed by atoms with Crippen molar-refractivity contribution in [3.8, 4) is 5.69 Å². The van der Waals surface area contributed by atoms with Crippen molar-refractivity contribution in [2.45, 2.75) is 4.21 Å². The SMILES string of the molecule is O=c1c(Cl)c(NCCNS(=O)(=O)c2cccs2)cnn1-c1ccccc1. The van der Waals surface area contributed by atoms with Gasteiger partial charge in [-0.05, 0) is 23.6 Å². The predicted octanol–water partition coefficient (Wildman–Crippen LogP) is 2.34. The number of thiophene rings is 1. The minimum absolute atomic E-state index is 0.00929. The molecule has 0 amide bonds. The van der Waals surface area contributed by atoms with Crippen LogP contribution in [-0.4, -0.2) is 31.3 Å². The molecule has 0 unspecified atom stereocenters. The van der Waals surface area contributed by atoms with Crippen molar-refractivity contribution in [3.05, 3.63) is 69.4 Å². The van der Waals surface area contributed by atoms with Crippen LogP contribution in [0.4, 0.5) is 5.69 Å². The fourth-order valence-corrected chi connectivity index (χ4v) is 4.44. The van der Waals surface area contributed by atoms with Crippen molar-refractivity contribution in [2.75, 3.05) is 18.4 Å². The Bertz CT molecular complexity index is 1040. The summed E-state index contributed by atoms with van der Waals surface area (Å²) in [4.78, 5) is 12.4. The number of sulfonamides is 1. The summed E-state index contributed by atoms with van der Waals surface area (Å²) in [5.74, 6) is 0. The van der Waals surface area contributed by atoms with Crippen LogP contribution in [0, 0.1) is 0 Å². The molecule has 3 aromatic rings. The third-order valence-electron chi connectivity index (χ3n) is 3.41. The fourth-order valence-electron chi connectivity index (χ4n) is 2.18. The largest absolute Gasteiger partial charge is 0.381 e. The highest BCUT2D eigenvalue weighted by atomic mass is 35.5. The quantitative estimate of drug-likeness (QED) is 0.583. The number of halogens is 1. The average molecular weight is 411 g/mol. The molecule has 7 nitrogen and oxygen atoms in total. The maximum absolute atomic E-state index is 12.4. The monoisotopic (exact) mass is 410 g/mol. The number of hydrogen-bond acceptors (Lipinski definition) is 6. The van der Waals surface area contributed by atoms with Crippen molar-refractivity contribution in [1.29, 1.82) is 0 Å². The molecule has 0 aliphatic heterocycles. The molecule has 0 aliphatic rings. The van der Waals surface area contributed by atoms with Gasteiger partial charge in [-0.3, -0.25) is 4.79 Å². The van der Waals surface area contributed by atoms with E-state index in [1.54, 1.807) is 35.7 Å². The van der Waals surface area contributed by atoms with Crippen LogP contribution in [0.25, 0.3) is 5.69 Å². The zero-order chi connectivity index (χ0) is 18.6. The minimum atomic E-state index is -3.52. The van der Waals surface area contributed by atoms with E-state index in [9.17, 15) is 13.2 Å². The molecule has 136 valence electrons. The van der Waals surface area contributed by atoms with Gasteiger partial charge in [-0.25, -0.2) is 13.1 Å². The van der Waals surface area contributed by atoms with E-state index >= 15 is 0 Å². The number of benzene rings is 1. The summed E-state index contributed by atoms with van der Waals surface area (Å²) in [6, 6.07) is 12.1. The summed E-state index contributed by atoms with van der Waals surface area (Å²) in [5.41, 5.74) is 0.496. The lowest BCUT2D eigenvalue weighted by molar-refractivity contribution is 0.585. The van der Waals surface area contributed by atoms with E-state index in [4.69, 9.17) is 11.6 Å². The fraction of sp³-hybridized carbons (Fsp3) is 0.125. The topological polar surface area (TPSA) is 93.1 Å². The number of nitrogens with zero attached hydrogens (tertiary/aromatic N) is 2. The number of hydrogen-bond donors (Lipinski definition) is 2. The second-order valence-corrected chi connectivity index (χ2v) is 8.50. The number of aromatic nitrogens is 2. The molecular formula is C16H15ClN4O3S2. The van der Waals surface area contributed by atoms with Gasteiger partial charge in [-0.2, -0.15) is 9.78 Å². The Hall–Kier alpha value is -2.20. The zero-order valence-corrected chi connectivity index (χ0v) is 15.8. The molecule has 2 heterocycles. The van der Waals surface area contributed by atoms with Gasteiger partial charge in [0.05, 0.1) is 17.6 Å². The second kappa shape index (κ2) is 8.00. The van der Waals surface area contributed by atoms with E-state index in [0.717, 1.165) is 11.3 Å². The van der Waals surface area contributed by atoms with Gasteiger partial charge < -0.3 is 5.32 Å². The molecule has 2 N–H and O–H groups in total. The lowest BCUT2D eigenvalue weighted by atomic mass is 10.3. The van der Waals surface area contributed by atoms with E-state index in [-0.39, 0.29) is 22.3 Å². The molecular weight excluding hydrogens is 396 g/mol. The van der Waals surface area contributed by atoms with E-state index in [1.165, 1.54) is 16.9 Å². The maximum Gasteiger partial charge on any atom is 0.292 e. The first-order valence-corrected chi connectivity index (χ1v) is 10.3. The lowest BCUT2D eigenvalue weighted by Crippen LogP contribution is -2.29. The molecule has 10 heteroatoms. The third kappa shape index (κ3) is 4.13. The summed E-state index contributed by atoms with van der Waals surface area (Å²) < 4.78 is 27.9. The molecule has 0 radical (unpaired) electrons. The molecule has 0 fully saturated rings. The van der Waals surface area contributed by atoms with Crippen LogP contribution in [0.2, 0.25) is 5.02 Å². The molecule has 0 spiro atoms. The van der Waals surface area contributed by atoms with Crippen LogP contribution in [0.5, 0.6) is 0 Å². The average Bonchev–Trinajstić information content (AvgIpc) is 3.18. The van der Waals surface area contributed by atoms with Crippen LogP contribution >= 0.6 is 22.9 Å². The van der Waals surface area contributed by atoms with Gasteiger partial charge in [0.15, 0.2) is 0 Å². The first-order chi connectivity index (χ1) is 12.5. The highest BCUT2D eigenvalue weighted by Gasteiger charge is 2.14. The summed E-state index contributed by atoms with van der Waals surface area (Å²) in [5, 5.41) is 8.70.